The van der Waals surface area contributed by atoms with E-state index in [-0.39, 0.29) is 6.73 Å². The molecule has 0 aliphatic heterocycles. The van der Waals surface area contributed by atoms with Gasteiger partial charge in [-0.3, -0.25) is 0 Å². The van der Waals surface area contributed by atoms with Crippen molar-refractivity contribution in [3.8, 4) is 0 Å². The Morgan fingerprint density at radius 2 is 1.90 bits per heavy atom. The van der Waals surface area contributed by atoms with E-state index < -0.39 is 4.86 Å². The lowest BCUT2D eigenvalue weighted by molar-refractivity contribution is -1.14. The maximum atomic E-state index is 5.16. The Bertz CT molecular complexity index is 124. The highest BCUT2D eigenvalue weighted by molar-refractivity contribution is 5.21. The highest BCUT2D eigenvalue weighted by atomic mass is 16.9. The number of quaternary nitrogens is 1. The Hall–Kier alpha value is -1.18. The molecule has 0 radical (unpaired) electrons. The molecule has 0 saturated carbocycles. The van der Waals surface area contributed by atoms with Gasteiger partial charge in [0.2, 0.25) is 0 Å². The van der Waals surface area contributed by atoms with Gasteiger partial charge in [0, 0.05) is 13.4 Å². The van der Waals surface area contributed by atoms with Crippen LogP contribution in [0.15, 0.2) is 10.3 Å². The van der Waals surface area contributed by atoms with Crippen molar-refractivity contribution in [1.82, 2.24) is 0 Å². The lowest BCUT2D eigenvalue weighted by atomic mass is 11.2. The summed E-state index contributed by atoms with van der Waals surface area (Å²) in [5.41, 5.74) is 0. The Kier molecular flexibility index (Phi) is 3.33. The van der Waals surface area contributed by atoms with Crippen LogP contribution in [-0.2, 0) is 9.78 Å². The first kappa shape index (κ1) is 8.82. The molecule has 0 unspecified atom stereocenters. The van der Waals surface area contributed by atoms with E-state index in [1.165, 1.54) is 0 Å². The molecule has 58 valence electrons. The van der Waals surface area contributed by atoms with Gasteiger partial charge in [0.25, 0.3) is 0 Å². The zero-order valence-electron chi connectivity index (χ0n) is 5.43. The predicted octanol–water partition coefficient (Wildman–Crippen LogP) is -1.31. The van der Waals surface area contributed by atoms with Gasteiger partial charge >= 0.3 is 6.73 Å². The van der Waals surface area contributed by atoms with Gasteiger partial charge in [-0.25, -0.2) is 0 Å². The topological polar surface area (TPSA) is 95.2 Å². The van der Waals surface area contributed by atoms with Gasteiger partial charge in [0.05, 0.1) is 4.86 Å². The Morgan fingerprint density at radius 1 is 1.30 bits per heavy atom. The van der Waals surface area contributed by atoms with Crippen LogP contribution in [-0.4, -0.2) is 25.0 Å². The lowest BCUT2D eigenvalue weighted by Crippen LogP contribution is -2.59. The Balaban J connectivity index is 3.61. The first-order valence-corrected chi connectivity index (χ1v) is 2.30. The van der Waals surface area contributed by atoms with E-state index in [9.17, 15) is 0 Å². The molecule has 0 bridgehead atoms. The van der Waals surface area contributed by atoms with Crippen LogP contribution in [0.2, 0.25) is 0 Å². The Labute approximate surface area is 57.9 Å². The van der Waals surface area contributed by atoms with E-state index >= 15 is 0 Å². The van der Waals surface area contributed by atoms with Crippen molar-refractivity contribution in [2.45, 2.75) is 0 Å². The third-order valence-electron chi connectivity index (χ3n) is 0.561. The molecule has 0 rings (SSSR count). The van der Waals surface area contributed by atoms with E-state index in [2.05, 4.69) is 33.5 Å². The molecular formula is C3H10N5O2+. The minimum absolute atomic E-state index is 0.192. The monoisotopic (exact) mass is 148 g/mol. The summed E-state index contributed by atoms with van der Waals surface area (Å²) in [6, 6.07) is 0. The fourth-order valence-electron chi connectivity index (χ4n) is 0.262. The second-order valence-corrected chi connectivity index (χ2v) is 1.45. The largest absolute Gasteiger partial charge is 0.332 e. The van der Waals surface area contributed by atoms with Gasteiger partial charge < -0.3 is 4.84 Å². The molecule has 7 heteroatoms. The molecule has 0 heterocycles. The molecular weight excluding hydrogens is 138 g/mol. The molecule has 7 nitrogen and oxygen atoms in total. The lowest BCUT2D eigenvalue weighted by Gasteiger charge is -2.16. The molecule has 0 fully saturated rings. The standard InChI is InChI=1S/C3H10N5O2/c1-6-9-3-8(4,5)10-7-2/h1-5H2/q+1. The maximum Gasteiger partial charge on any atom is 0.325 e. The predicted molar refractivity (Wildman–Crippen MR) is 34.8 cm³/mol. The first-order chi connectivity index (χ1) is 4.62. The average Bonchev–Trinajstić information content (AvgIpc) is 1.84. The Morgan fingerprint density at radius 3 is 2.30 bits per heavy atom. The third-order valence-corrected chi connectivity index (χ3v) is 0.561. The number of nitrogens with two attached hydrogens (primary N) is 2. The van der Waals surface area contributed by atoms with E-state index in [0.29, 0.717) is 0 Å². The van der Waals surface area contributed by atoms with Crippen molar-refractivity contribution in [2.24, 2.45) is 22.0 Å². The second-order valence-electron chi connectivity index (χ2n) is 1.45. The van der Waals surface area contributed by atoms with E-state index in [1.807, 2.05) is 0 Å². The minimum atomic E-state index is -0.886. The van der Waals surface area contributed by atoms with Crippen LogP contribution in [0.1, 0.15) is 0 Å². The summed E-state index contributed by atoms with van der Waals surface area (Å²) >= 11 is 0. The number of oxime groups is 2. The molecule has 0 aliphatic carbocycles. The minimum Gasteiger partial charge on any atom is -0.332 e. The summed E-state index contributed by atoms with van der Waals surface area (Å²) in [6.45, 7) is 5.84. The van der Waals surface area contributed by atoms with Gasteiger partial charge in [0.15, 0.2) is 0 Å². The number of nitrogens with zero attached hydrogens (tertiary/aromatic N) is 3. The number of rotatable bonds is 5. The second kappa shape index (κ2) is 3.77. The van der Waals surface area contributed by atoms with Crippen molar-refractivity contribution in [2.75, 3.05) is 6.73 Å². The molecule has 0 atom stereocenters. The van der Waals surface area contributed by atoms with E-state index in [1.54, 1.807) is 0 Å². The highest BCUT2D eigenvalue weighted by Gasteiger charge is 2.20. The zero-order valence-corrected chi connectivity index (χ0v) is 5.43. The van der Waals surface area contributed by atoms with Gasteiger partial charge in [-0.05, 0) is 5.16 Å². The number of hydroxylamine groups is 1. The van der Waals surface area contributed by atoms with Crippen molar-refractivity contribution < 1.29 is 14.6 Å². The smallest absolute Gasteiger partial charge is 0.325 e. The summed E-state index contributed by atoms with van der Waals surface area (Å²) in [5, 5.41) is 6.03. The summed E-state index contributed by atoms with van der Waals surface area (Å²) in [4.78, 5) is 7.81. The summed E-state index contributed by atoms with van der Waals surface area (Å²) < 4.78 is 0. The molecule has 0 amide bonds. The van der Waals surface area contributed by atoms with Crippen molar-refractivity contribution in [3.05, 3.63) is 0 Å². The van der Waals surface area contributed by atoms with Crippen LogP contribution < -0.4 is 11.7 Å². The van der Waals surface area contributed by atoms with Crippen LogP contribution in [0.3, 0.4) is 0 Å². The van der Waals surface area contributed by atoms with E-state index in [4.69, 9.17) is 11.7 Å². The molecule has 0 aromatic carbocycles. The molecule has 0 saturated heterocycles. The van der Waals surface area contributed by atoms with Gasteiger partial charge in [-0.15, -0.1) is 11.7 Å². The molecule has 0 aliphatic rings. The van der Waals surface area contributed by atoms with Crippen molar-refractivity contribution in [1.29, 1.82) is 0 Å². The van der Waals surface area contributed by atoms with Crippen molar-refractivity contribution in [3.63, 3.8) is 0 Å². The summed E-state index contributed by atoms with van der Waals surface area (Å²) in [5.74, 6) is 10.3. The van der Waals surface area contributed by atoms with E-state index in [0.717, 1.165) is 0 Å². The van der Waals surface area contributed by atoms with Crippen LogP contribution in [0.5, 0.6) is 0 Å². The highest BCUT2D eigenvalue weighted by Crippen LogP contribution is 1.89. The molecule has 4 N–H and O–H groups in total. The van der Waals surface area contributed by atoms with Crippen LogP contribution >= 0.6 is 0 Å². The van der Waals surface area contributed by atoms with Crippen LogP contribution in [0.25, 0.3) is 0 Å². The average molecular weight is 148 g/mol. The zero-order chi connectivity index (χ0) is 8.04. The fraction of sp³-hybridized carbons (Fsp3) is 0.333. The molecule has 10 heavy (non-hydrogen) atoms. The quantitative estimate of drug-likeness (QED) is 0.166. The van der Waals surface area contributed by atoms with Crippen LogP contribution in [0, 0.1) is 0 Å². The molecule has 0 spiro atoms. The summed E-state index contributed by atoms with van der Waals surface area (Å²) in [6.07, 6.45) is 0. The molecule has 0 aromatic rings. The summed E-state index contributed by atoms with van der Waals surface area (Å²) in [7, 11) is 0. The molecule has 0 aromatic heterocycles. The van der Waals surface area contributed by atoms with Crippen molar-refractivity contribution >= 4 is 13.4 Å². The number of hydrogen-bond donors (Lipinski definition) is 2. The van der Waals surface area contributed by atoms with Crippen LogP contribution in [0.4, 0.5) is 0 Å². The van der Waals surface area contributed by atoms with Gasteiger partial charge in [-0.2, -0.15) is 4.94 Å². The first-order valence-electron chi connectivity index (χ1n) is 2.30. The SMILES string of the molecule is C=NOC[N+](N)(N)ON=C. The maximum absolute atomic E-state index is 5.16. The normalized spacial score (nSPS) is 10.2. The fourth-order valence-corrected chi connectivity index (χ4v) is 0.262. The van der Waals surface area contributed by atoms with Gasteiger partial charge in [-0.1, -0.05) is 5.16 Å². The van der Waals surface area contributed by atoms with Gasteiger partial charge in [0.1, 0.15) is 0 Å². The third kappa shape index (κ3) is 3.78. The number of hydrogen-bond acceptors (Lipinski definition) is 6.